The van der Waals surface area contributed by atoms with E-state index < -0.39 is 17.4 Å². The van der Waals surface area contributed by atoms with E-state index in [1.165, 1.54) is 0 Å². The number of hydrogen-bond acceptors (Lipinski definition) is 2. The highest BCUT2D eigenvalue weighted by molar-refractivity contribution is 14.1. The van der Waals surface area contributed by atoms with Crippen molar-refractivity contribution in [1.29, 1.82) is 0 Å². The standard InChI is InChI=1S/C13H17IN2O3/c1-8-4-5-9(6-10(8)14)16-12(19)15-7-13(2,3)11(17)18/h4-6H,7H2,1-3H3,(H,17,18)(H2,15,16,19). The van der Waals surface area contributed by atoms with E-state index in [9.17, 15) is 9.59 Å². The lowest BCUT2D eigenvalue weighted by Gasteiger charge is -2.19. The number of carbonyl (C=O) groups excluding carboxylic acids is 1. The number of aryl methyl sites for hydroxylation is 1. The van der Waals surface area contributed by atoms with Crippen LogP contribution in [-0.2, 0) is 4.79 Å². The minimum Gasteiger partial charge on any atom is -0.481 e. The zero-order valence-electron chi connectivity index (χ0n) is 11.1. The molecule has 19 heavy (non-hydrogen) atoms. The Hall–Kier alpha value is -1.31. The van der Waals surface area contributed by atoms with E-state index in [4.69, 9.17) is 5.11 Å². The van der Waals surface area contributed by atoms with Gasteiger partial charge < -0.3 is 15.7 Å². The SMILES string of the molecule is Cc1ccc(NC(=O)NCC(C)(C)C(=O)O)cc1I. The minimum absolute atomic E-state index is 0.0666. The number of carbonyl (C=O) groups is 2. The van der Waals surface area contributed by atoms with Gasteiger partial charge in [-0.2, -0.15) is 0 Å². The van der Waals surface area contributed by atoms with E-state index in [-0.39, 0.29) is 6.54 Å². The fourth-order valence-corrected chi connectivity index (χ4v) is 1.74. The Morgan fingerprint density at radius 2 is 2.00 bits per heavy atom. The molecule has 0 aliphatic heterocycles. The first kappa shape index (κ1) is 15.7. The van der Waals surface area contributed by atoms with Crippen LogP contribution in [0.3, 0.4) is 0 Å². The summed E-state index contributed by atoms with van der Waals surface area (Å²) in [6.45, 7) is 5.17. The molecule has 0 fully saturated rings. The van der Waals surface area contributed by atoms with Gasteiger partial charge in [0.2, 0.25) is 0 Å². The van der Waals surface area contributed by atoms with Crippen LogP contribution < -0.4 is 10.6 Å². The molecule has 0 unspecified atom stereocenters. The van der Waals surface area contributed by atoms with Crippen LogP contribution in [0.4, 0.5) is 10.5 Å². The smallest absolute Gasteiger partial charge is 0.319 e. The topological polar surface area (TPSA) is 78.4 Å². The van der Waals surface area contributed by atoms with E-state index in [1.54, 1.807) is 19.9 Å². The average Bonchev–Trinajstić information content (AvgIpc) is 2.31. The maximum absolute atomic E-state index is 11.7. The minimum atomic E-state index is -0.987. The Kier molecular flexibility index (Phi) is 5.16. The van der Waals surface area contributed by atoms with Crippen LogP contribution in [0.25, 0.3) is 0 Å². The number of urea groups is 1. The average molecular weight is 376 g/mol. The summed E-state index contributed by atoms with van der Waals surface area (Å²) in [6, 6.07) is 5.17. The van der Waals surface area contributed by atoms with Gasteiger partial charge in [-0.25, -0.2) is 4.79 Å². The van der Waals surface area contributed by atoms with Crippen LogP contribution in [0, 0.1) is 15.9 Å². The fourth-order valence-electron chi connectivity index (χ4n) is 1.22. The normalized spacial score (nSPS) is 10.9. The predicted octanol–water partition coefficient (Wildman–Crippen LogP) is 2.83. The van der Waals surface area contributed by atoms with Crippen molar-refractivity contribution in [3.63, 3.8) is 0 Å². The molecular weight excluding hydrogens is 359 g/mol. The maximum atomic E-state index is 11.7. The second kappa shape index (κ2) is 6.23. The molecule has 0 aliphatic carbocycles. The second-order valence-electron chi connectivity index (χ2n) is 4.96. The first-order valence-corrected chi connectivity index (χ1v) is 6.84. The van der Waals surface area contributed by atoms with E-state index in [0.29, 0.717) is 5.69 Å². The van der Waals surface area contributed by atoms with Gasteiger partial charge in [0.1, 0.15) is 0 Å². The predicted molar refractivity (Wildman–Crippen MR) is 82.3 cm³/mol. The molecule has 104 valence electrons. The van der Waals surface area contributed by atoms with Crippen LogP contribution in [0.1, 0.15) is 19.4 Å². The number of benzene rings is 1. The van der Waals surface area contributed by atoms with Crippen molar-refractivity contribution < 1.29 is 14.7 Å². The molecule has 0 heterocycles. The van der Waals surface area contributed by atoms with Crippen molar-refractivity contribution >= 4 is 40.3 Å². The molecule has 1 rings (SSSR count). The number of amides is 2. The molecule has 0 saturated carbocycles. The lowest BCUT2D eigenvalue weighted by atomic mass is 9.94. The summed E-state index contributed by atoms with van der Waals surface area (Å²) in [4.78, 5) is 22.6. The molecule has 0 aromatic heterocycles. The third kappa shape index (κ3) is 4.70. The Balaban J connectivity index is 2.56. The summed E-state index contributed by atoms with van der Waals surface area (Å²) in [5.74, 6) is -0.947. The Morgan fingerprint density at radius 3 is 2.53 bits per heavy atom. The lowest BCUT2D eigenvalue weighted by molar-refractivity contribution is -0.146. The van der Waals surface area contributed by atoms with Crippen LogP contribution in [0.15, 0.2) is 18.2 Å². The largest absolute Gasteiger partial charge is 0.481 e. The molecule has 1 aromatic carbocycles. The zero-order valence-corrected chi connectivity index (χ0v) is 13.2. The molecule has 0 aliphatic rings. The number of halogens is 1. The van der Waals surface area contributed by atoms with Crippen LogP contribution in [0.5, 0.6) is 0 Å². The Labute approximate surface area is 125 Å². The molecule has 5 nitrogen and oxygen atoms in total. The third-order valence-electron chi connectivity index (χ3n) is 2.70. The van der Waals surface area contributed by atoms with Gasteiger partial charge in [0.25, 0.3) is 0 Å². The first-order valence-electron chi connectivity index (χ1n) is 5.77. The van der Waals surface area contributed by atoms with Crippen LogP contribution in [0.2, 0.25) is 0 Å². The van der Waals surface area contributed by atoms with Gasteiger partial charge in [-0.3, -0.25) is 4.79 Å². The molecule has 0 bridgehead atoms. The number of rotatable bonds is 4. The number of carboxylic acid groups (broad SMARTS) is 1. The Bertz CT molecular complexity index is 501. The molecule has 0 spiro atoms. The highest BCUT2D eigenvalue weighted by atomic mass is 127. The monoisotopic (exact) mass is 376 g/mol. The second-order valence-corrected chi connectivity index (χ2v) is 6.12. The van der Waals surface area contributed by atoms with Gasteiger partial charge in [-0.05, 0) is 61.1 Å². The van der Waals surface area contributed by atoms with E-state index in [1.807, 2.05) is 19.1 Å². The van der Waals surface area contributed by atoms with Gasteiger partial charge >= 0.3 is 12.0 Å². The number of nitrogens with one attached hydrogen (secondary N) is 2. The number of aliphatic carboxylic acids is 1. The van der Waals surface area contributed by atoms with Crippen molar-refractivity contribution in [3.8, 4) is 0 Å². The summed E-state index contributed by atoms with van der Waals surface area (Å²) >= 11 is 2.19. The highest BCUT2D eigenvalue weighted by Gasteiger charge is 2.27. The summed E-state index contributed by atoms with van der Waals surface area (Å²) in [7, 11) is 0. The molecule has 0 atom stereocenters. The maximum Gasteiger partial charge on any atom is 0.319 e. The van der Waals surface area contributed by atoms with E-state index >= 15 is 0 Å². The Morgan fingerprint density at radius 1 is 1.37 bits per heavy atom. The van der Waals surface area contributed by atoms with Gasteiger partial charge in [0.05, 0.1) is 5.41 Å². The fraction of sp³-hybridized carbons (Fsp3) is 0.385. The highest BCUT2D eigenvalue weighted by Crippen LogP contribution is 2.17. The van der Waals surface area contributed by atoms with E-state index in [2.05, 4.69) is 33.2 Å². The molecule has 0 saturated heterocycles. The van der Waals surface area contributed by atoms with Crippen molar-refractivity contribution in [2.75, 3.05) is 11.9 Å². The third-order valence-corrected chi connectivity index (χ3v) is 3.86. The summed E-state index contributed by atoms with van der Waals surface area (Å²) < 4.78 is 1.06. The van der Waals surface area contributed by atoms with Gasteiger partial charge in [0, 0.05) is 15.8 Å². The molecule has 2 amide bonds. The summed E-state index contributed by atoms with van der Waals surface area (Å²) in [5.41, 5.74) is 0.832. The van der Waals surface area contributed by atoms with Crippen LogP contribution >= 0.6 is 22.6 Å². The molecule has 6 heteroatoms. The summed E-state index contributed by atoms with van der Waals surface area (Å²) in [5, 5.41) is 14.2. The van der Waals surface area contributed by atoms with Crippen molar-refractivity contribution in [3.05, 3.63) is 27.3 Å². The number of hydrogen-bond donors (Lipinski definition) is 3. The zero-order chi connectivity index (χ0) is 14.6. The first-order chi connectivity index (χ1) is 8.72. The molecule has 3 N–H and O–H groups in total. The summed E-state index contributed by atoms with van der Waals surface area (Å²) in [6.07, 6.45) is 0. The van der Waals surface area contributed by atoms with Gasteiger partial charge in [-0.1, -0.05) is 6.07 Å². The van der Waals surface area contributed by atoms with E-state index in [0.717, 1.165) is 9.13 Å². The quantitative estimate of drug-likeness (QED) is 0.708. The number of anilines is 1. The molecular formula is C13H17IN2O3. The molecule has 0 radical (unpaired) electrons. The van der Waals surface area contributed by atoms with Gasteiger partial charge in [0.15, 0.2) is 0 Å². The van der Waals surface area contributed by atoms with Crippen molar-refractivity contribution in [2.24, 2.45) is 5.41 Å². The van der Waals surface area contributed by atoms with Gasteiger partial charge in [-0.15, -0.1) is 0 Å². The molecule has 1 aromatic rings. The number of carboxylic acids is 1. The van der Waals surface area contributed by atoms with Crippen molar-refractivity contribution in [1.82, 2.24) is 5.32 Å². The lowest BCUT2D eigenvalue weighted by Crippen LogP contribution is -2.40. The van der Waals surface area contributed by atoms with Crippen LogP contribution in [-0.4, -0.2) is 23.7 Å². The van der Waals surface area contributed by atoms with Crippen molar-refractivity contribution in [2.45, 2.75) is 20.8 Å².